The lowest BCUT2D eigenvalue weighted by molar-refractivity contribution is 0.406. The molecule has 0 aliphatic rings. The number of benzene rings is 1. The standard InChI is InChI=1S/C8H9O2PS/c1-7-3-2-4-8(5-7)11(9)10-6-12/h2-5H,6H2,1H3/p+1. The van der Waals surface area contributed by atoms with Gasteiger partial charge in [-0.25, -0.2) is 0 Å². The van der Waals surface area contributed by atoms with E-state index in [1.807, 2.05) is 25.1 Å². The average molecular weight is 201 g/mol. The molecule has 0 aliphatic heterocycles. The van der Waals surface area contributed by atoms with E-state index in [0.29, 0.717) is 0 Å². The van der Waals surface area contributed by atoms with Gasteiger partial charge in [0.05, 0.1) is 0 Å². The van der Waals surface area contributed by atoms with Crippen molar-refractivity contribution in [3.8, 4) is 0 Å². The van der Waals surface area contributed by atoms with Crippen LogP contribution in [0, 0.1) is 6.92 Å². The fourth-order valence-electron chi connectivity index (χ4n) is 0.869. The molecule has 0 heterocycles. The van der Waals surface area contributed by atoms with Gasteiger partial charge >= 0.3 is 8.03 Å². The first-order chi connectivity index (χ1) is 5.74. The van der Waals surface area contributed by atoms with Gasteiger partial charge in [-0.1, -0.05) is 12.1 Å². The van der Waals surface area contributed by atoms with Crippen molar-refractivity contribution >= 4 is 26.0 Å². The van der Waals surface area contributed by atoms with Gasteiger partial charge < -0.3 is 0 Å². The Morgan fingerprint density at radius 1 is 1.58 bits per heavy atom. The van der Waals surface area contributed by atoms with E-state index < -0.39 is 8.03 Å². The predicted molar refractivity (Wildman–Crippen MR) is 53.4 cm³/mol. The summed E-state index contributed by atoms with van der Waals surface area (Å²) in [6, 6.07) is 7.45. The molecule has 1 rings (SSSR count). The lowest BCUT2D eigenvalue weighted by atomic mass is 10.2. The summed E-state index contributed by atoms with van der Waals surface area (Å²) in [4.78, 5) is 0. The molecule has 0 aromatic heterocycles. The number of thiol groups is 1. The predicted octanol–water partition coefficient (Wildman–Crippen LogP) is 2.27. The van der Waals surface area contributed by atoms with Crippen LogP contribution in [0.15, 0.2) is 24.3 Å². The summed E-state index contributed by atoms with van der Waals surface area (Å²) in [6.07, 6.45) is 0. The summed E-state index contributed by atoms with van der Waals surface area (Å²) in [5, 5.41) is 0.721. The van der Waals surface area contributed by atoms with Crippen molar-refractivity contribution in [2.45, 2.75) is 6.92 Å². The molecular formula is C8H10O2PS+. The first-order valence-corrected chi connectivity index (χ1v) is 5.32. The molecule has 2 nitrogen and oxygen atoms in total. The topological polar surface area (TPSA) is 26.3 Å². The van der Waals surface area contributed by atoms with E-state index in [1.54, 1.807) is 6.07 Å². The number of rotatable bonds is 3. The first kappa shape index (κ1) is 9.72. The van der Waals surface area contributed by atoms with Crippen LogP contribution < -0.4 is 5.30 Å². The van der Waals surface area contributed by atoms with E-state index in [1.165, 1.54) is 0 Å². The second kappa shape index (κ2) is 4.61. The molecule has 0 aliphatic carbocycles. The van der Waals surface area contributed by atoms with Crippen molar-refractivity contribution in [1.29, 1.82) is 0 Å². The fraction of sp³-hybridized carbons (Fsp3) is 0.250. The van der Waals surface area contributed by atoms with Crippen LogP contribution in [0.5, 0.6) is 0 Å². The minimum atomic E-state index is -1.72. The van der Waals surface area contributed by atoms with Gasteiger partial charge in [-0.05, 0) is 29.2 Å². The summed E-state index contributed by atoms with van der Waals surface area (Å²) >= 11 is 3.83. The van der Waals surface area contributed by atoms with Gasteiger partial charge in [0.1, 0.15) is 5.94 Å². The Morgan fingerprint density at radius 3 is 2.92 bits per heavy atom. The maximum absolute atomic E-state index is 11.3. The van der Waals surface area contributed by atoms with Crippen LogP contribution in [0.2, 0.25) is 0 Å². The van der Waals surface area contributed by atoms with Gasteiger partial charge in [-0.3, -0.25) is 0 Å². The molecule has 0 bridgehead atoms. The van der Waals surface area contributed by atoms with E-state index in [-0.39, 0.29) is 5.94 Å². The minimum absolute atomic E-state index is 0.184. The Morgan fingerprint density at radius 2 is 2.33 bits per heavy atom. The summed E-state index contributed by atoms with van der Waals surface area (Å²) in [7, 11) is -1.72. The molecule has 1 unspecified atom stereocenters. The zero-order chi connectivity index (χ0) is 8.97. The molecule has 64 valence electrons. The van der Waals surface area contributed by atoms with Crippen molar-refractivity contribution in [1.82, 2.24) is 0 Å². The minimum Gasteiger partial charge on any atom is -0.146 e. The van der Waals surface area contributed by atoms with Crippen LogP contribution in [0.4, 0.5) is 0 Å². The molecule has 0 radical (unpaired) electrons. The van der Waals surface area contributed by atoms with Crippen LogP contribution in [-0.2, 0) is 9.09 Å². The molecule has 0 fully saturated rings. The van der Waals surface area contributed by atoms with Gasteiger partial charge in [0.2, 0.25) is 5.30 Å². The third kappa shape index (κ3) is 2.59. The fourth-order valence-corrected chi connectivity index (χ4v) is 1.95. The van der Waals surface area contributed by atoms with Crippen LogP contribution >= 0.6 is 20.7 Å². The second-order valence-corrected chi connectivity index (χ2v) is 3.90. The Labute approximate surface area is 78.2 Å². The Hall–Kier alpha value is -0.370. The zero-order valence-electron chi connectivity index (χ0n) is 6.73. The molecule has 0 amide bonds. The third-order valence-corrected chi connectivity index (χ3v) is 2.78. The van der Waals surface area contributed by atoms with E-state index in [2.05, 4.69) is 12.6 Å². The van der Waals surface area contributed by atoms with E-state index in [0.717, 1.165) is 10.9 Å². The maximum atomic E-state index is 11.3. The van der Waals surface area contributed by atoms with Crippen molar-refractivity contribution in [3.05, 3.63) is 29.8 Å². The van der Waals surface area contributed by atoms with Crippen molar-refractivity contribution in [3.63, 3.8) is 0 Å². The van der Waals surface area contributed by atoms with Crippen LogP contribution in [0.25, 0.3) is 0 Å². The van der Waals surface area contributed by atoms with Crippen molar-refractivity contribution in [2.75, 3.05) is 5.94 Å². The van der Waals surface area contributed by atoms with E-state index in [9.17, 15) is 4.57 Å². The van der Waals surface area contributed by atoms with Crippen LogP contribution in [0.3, 0.4) is 0 Å². The molecule has 1 aromatic carbocycles. The molecule has 1 atom stereocenters. The van der Waals surface area contributed by atoms with Gasteiger partial charge in [-0.2, -0.15) is 0 Å². The molecule has 4 heteroatoms. The van der Waals surface area contributed by atoms with Crippen molar-refractivity contribution in [2.24, 2.45) is 0 Å². The van der Waals surface area contributed by atoms with Crippen LogP contribution in [-0.4, -0.2) is 5.94 Å². The largest absolute Gasteiger partial charge is 0.549 e. The number of hydrogen-bond donors (Lipinski definition) is 1. The smallest absolute Gasteiger partial charge is 0.146 e. The first-order valence-electron chi connectivity index (χ1n) is 3.52. The van der Waals surface area contributed by atoms with Gasteiger partial charge in [0.15, 0.2) is 0 Å². The van der Waals surface area contributed by atoms with Gasteiger partial charge in [-0.15, -0.1) is 17.2 Å². The van der Waals surface area contributed by atoms with Crippen molar-refractivity contribution < 1.29 is 9.09 Å². The lowest BCUT2D eigenvalue weighted by Gasteiger charge is -1.89. The van der Waals surface area contributed by atoms with E-state index in [4.69, 9.17) is 4.52 Å². The van der Waals surface area contributed by atoms with Gasteiger partial charge in [0.25, 0.3) is 0 Å². The number of aryl methyl sites for hydroxylation is 1. The van der Waals surface area contributed by atoms with E-state index >= 15 is 0 Å². The lowest BCUT2D eigenvalue weighted by Crippen LogP contribution is -1.97. The monoisotopic (exact) mass is 201 g/mol. The normalized spacial score (nSPS) is 11.3. The zero-order valence-corrected chi connectivity index (χ0v) is 8.52. The molecule has 0 saturated heterocycles. The SMILES string of the molecule is Cc1cccc([P+](=O)OCS)c1. The Balaban J connectivity index is 2.81. The van der Waals surface area contributed by atoms with Gasteiger partial charge in [0, 0.05) is 0 Å². The molecule has 0 saturated carbocycles. The summed E-state index contributed by atoms with van der Waals surface area (Å²) in [5.41, 5.74) is 1.08. The average Bonchev–Trinajstić information content (AvgIpc) is 2.05. The Bertz CT molecular complexity index is 288. The maximum Gasteiger partial charge on any atom is 0.549 e. The molecule has 0 N–H and O–H groups in total. The highest BCUT2D eigenvalue weighted by Crippen LogP contribution is 2.21. The van der Waals surface area contributed by atoms with Crippen LogP contribution in [0.1, 0.15) is 5.56 Å². The highest BCUT2D eigenvalue weighted by Gasteiger charge is 2.20. The second-order valence-electron chi connectivity index (χ2n) is 2.35. The summed E-state index contributed by atoms with van der Waals surface area (Å²) < 4.78 is 16.1. The number of hydrogen-bond acceptors (Lipinski definition) is 3. The quantitative estimate of drug-likeness (QED) is 0.461. The third-order valence-electron chi connectivity index (χ3n) is 1.39. The summed E-state index contributed by atoms with van der Waals surface area (Å²) in [5.74, 6) is 0.184. The molecule has 0 spiro atoms. The molecule has 12 heavy (non-hydrogen) atoms. The Kier molecular flexibility index (Phi) is 3.73. The highest BCUT2D eigenvalue weighted by atomic mass is 32.1. The highest BCUT2D eigenvalue weighted by molar-refractivity contribution is 7.80. The summed E-state index contributed by atoms with van der Waals surface area (Å²) in [6.45, 7) is 1.95. The molecule has 1 aromatic rings. The molecular weight excluding hydrogens is 191 g/mol.